The van der Waals surface area contributed by atoms with Crippen molar-refractivity contribution in [3.8, 4) is 0 Å². The molecule has 0 radical (unpaired) electrons. The third-order valence-corrected chi connectivity index (χ3v) is 0. The Hall–Kier alpha value is -0.586. The molecule has 0 fully saturated rings. The molecule has 10 heteroatoms. The van der Waals surface area contributed by atoms with Crippen LogP contribution in [0.4, 0.5) is 8.22 Å². The quantitative estimate of drug-likeness (QED) is 0.274. The van der Waals surface area contributed by atoms with Gasteiger partial charge in [-0.05, 0) is 14.1 Å². The predicted molar refractivity (Wildman–Crippen MR) is 39.8 cm³/mol. The van der Waals surface area contributed by atoms with Crippen molar-refractivity contribution in [2.75, 3.05) is 14.1 Å². The maximum atomic E-state index is 10.1. The highest BCUT2D eigenvalue weighted by molar-refractivity contribution is 6.23. The summed E-state index contributed by atoms with van der Waals surface area (Å²) in [7, 11) is -4.26. The molecule has 0 amide bonds. The third-order valence-electron chi connectivity index (χ3n) is 0. The van der Waals surface area contributed by atoms with Gasteiger partial charge in [-0.2, -0.15) is 8.22 Å². The fraction of sp³-hybridized carbons (Fsp3) is 1.00. The molecule has 76 valence electrons. The summed E-state index contributed by atoms with van der Waals surface area (Å²) >= 11 is 0. The van der Waals surface area contributed by atoms with Crippen molar-refractivity contribution in [1.29, 1.82) is 0 Å². The minimum atomic E-state index is -3.63. The molecule has 0 spiro atoms. The maximum Gasteiger partial charge on any atom is 0.734 e. The first-order chi connectivity index (χ1) is 5.46. The van der Waals surface area contributed by atoms with Crippen LogP contribution in [0.2, 0.25) is 0 Å². The summed E-state index contributed by atoms with van der Waals surface area (Å²) in [5.41, 5.74) is 9.00. The summed E-state index contributed by atoms with van der Waals surface area (Å²) in [6.45, 7) is 0. The van der Waals surface area contributed by atoms with Crippen LogP contribution in [0.3, 0.4) is 0 Å². The zero-order chi connectivity index (χ0) is 11.2. The monoisotopic (exact) mass is 222 g/mol. The van der Waals surface area contributed by atoms with E-state index in [4.69, 9.17) is 18.5 Å². The molecule has 0 aliphatic heterocycles. The van der Waals surface area contributed by atoms with Crippen LogP contribution in [-0.2, 0) is 8.92 Å². The second-order valence-corrected chi connectivity index (χ2v) is 1.52. The first-order valence-corrected chi connectivity index (χ1v) is 4.85. The summed E-state index contributed by atoms with van der Waals surface area (Å²) in [4.78, 5) is 13.9. The minimum absolute atomic E-state index is 1.50. The number of halogens is 2. The van der Waals surface area contributed by atoms with Crippen LogP contribution in [0.1, 0.15) is 0 Å². The molecule has 0 aromatic heterocycles. The van der Waals surface area contributed by atoms with Gasteiger partial charge in [-0.1, -0.05) is 0 Å². The van der Waals surface area contributed by atoms with Crippen LogP contribution in [0.5, 0.6) is 0 Å². The molecule has 0 aliphatic carbocycles. The van der Waals surface area contributed by atoms with E-state index in [9.17, 15) is 8.22 Å². The van der Waals surface area contributed by atoms with E-state index in [2.05, 4.69) is 11.5 Å². The van der Waals surface area contributed by atoms with E-state index in [1.54, 1.807) is 0 Å². The van der Waals surface area contributed by atoms with Crippen LogP contribution < -0.4 is 11.5 Å². The van der Waals surface area contributed by atoms with Crippen LogP contribution in [0.25, 0.3) is 0 Å². The van der Waals surface area contributed by atoms with Gasteiger partial charge in [0.15, 0.2) is 0 Å². The standard InChI is InChI=1S/2CH5N.2FHO2Si/c2*1-2;2*1-4(2)3/h2*2H2,1H3;2*2H. The Morgan fingerprint density at radius 3 is 0.917 bits per heavy atom. The molecule has 0 bridgehead atoms. The summed E-state index contributed by atoms with van der Waals surface area (Å²) in [6, 6.07) is 0. The Kier molecular flexibility index (Phi) is 59.1. The molecule has 6 nitrogen and oxygen atoms in total. The van der Waals surface area contributed by atoms with Crippen LogP contribution in [-0.4, -0.2) is 42.2 Å². The van der Waals surface area contributed by atoms with Crippen molar-refractivity contribution in [3.05, 3.63) is 0 Å². The zero-order valence-electron chi connectivity index (χ0n) is 6.62. The van der Waals surface area contributed by atoms with Crippen molar-refractivity contribution in [2.24, 2.45) is 11.5 Å². The molecule has 0 atom stereocenters. The molecule has 12 heavy (non-hydrogen) atoms. The van der Waals surface area contributed by atoms with Gasteiger partial charge in [-0.25, -0.2) is 0 Å². The van der Waals surface area contributed by atoms with E-state index in [1.807, 2.05) is 0 Å². The molecular formula is C2H12F2N2O4Si2. The average Bonchev–Trinajstić information content (AvgIpc) is 1.93. The van der Waals surface area contributed by atoms with Crippen LogP contribution >= 0.6 is 0 Å². The van der Waals surface area contributed by atoms with Crippen LogP contribution in [0.15, 0.2) is 0 Å². The third kappa shape index (κ3) is 1940. The topological polar surface area (TPSA) is 127 Å². The van der Waals surface area contributed by atoms with Gasteiger partial charge in [0.2, 0.25) is 0 Å². The Bertz CT molecular complexity index is 85.1. The fourth-order valence-electron chi connectivity index (χ4n) is 0. The largest absolute Gasteiger partial charge is 0.734 e. The molecule has 0 aromatic carbocycles. The van der Waals surface area contributed by atoms with Gasteiger partial charge in [-0.3, -0.25) is 8.92 Å². The Balaban J connectivity index is -0.0000000380. The Morgan fingerprint density at radius 2 is 0.917 bits per heavy atom. The smallest absolute Gasteiger partial charge is 0.517 e. The first kappa shape index (κ1) is 22.5. The highest BCUT2D eigenvalue weighted by Gasteiger charge is 1.87. The second-order valence-electron chi connectivity index (χ2n) is 0.506. The fourth-order valence-corrected chi connectivity index (χ4v) is 0. The van der Waals surface area contributed by atoms with E-state index >= 15 is 0 Å². The summed E-state index contributed by atoms with van der Waals surface area (Å²) in [6.07, 6.45) is 0. The molecular weight excluding hydrogens is 210 g/mol. The first-order valence-electron chi connectivity index (χ1n) is 2.39. The lowest BCUT2D eigenvalue weighted by Crippen LogP contribution is -1.79. The van der Waals surface area contributed by atoms with Crippen molar-refractivity contribution >= 4 is 18.5 Å². The van der Waals surface area contributed by atoms with Crippen LogP contribution in [0, 0.1) is 0 Å². The van der Waals surface area contributed by atoms with Gasteiger partial charge in [0.1, 0.15) is 0 Å². The van der Waals surface area contributed by atoms with Crippen molar-refractivity contribution in [3.63, 3.8) is 0 Å². The molecule has 0 saturated heterocycles. The summed E-state index contributed by atoms with van der Waals surface area (Å²) in [5.74, 6) is 0. The van der Waals surface area contributed by atoms with Gasteiger partial charge < -0.3 is 21.1 Å². The second kappa shape index (κ2) is 31.5. The van der Waals surface area contributed by atoms with E-state index in [-0.39, 0.29) is 0 Å². The van der Waals surface area contributed by atoms with E-state index in [1.165, 1.54) is 14.1 Å². The van der Waals surface area contributed by atoms with Crippen molar-refractivity contribution in [2.45, 2.75) is 0 Å². The number of hydrogen-bond acceptors (Lipinski definition) is 4. The van der Waals surface area contributed by atoms with Crippen molar-refractivity contribution in [1.82, 2.24) is 0 Å². The lowest BCUT2D eigenvalue weighted by atomic mass is 11.6. The summed E-state index contributed by atoms with van der Waals surface area (Å²) in [5, 5.41) is 0. The van der Waals surface area contributed by atoms with Crippen molar-refractivity contribution < 1.29 is 26.7 Å². The van der Waals surface area contributed by atoms with Gasteiger partial charge in [0, 0.05) is 0 Å². The number of nitrogens with two attached hydrogens (primary N) is 2. The SMILES string of the molecule is CN.CN.O=[Si](O)F.O=[Si](O)F. The minimum Gasteiger partial charge on any atom is -0.517 e. The van der Waals surface area contributed by atoms with E-state index in [0.29, 0.717) is 0 Å². The van der Waals surface area contributed by atoms with E-state index < -0.39 is 18.5 Å². The highest BCUT2D eigenvalue weighted by atomic mass is 28.3. The molecule has 0 aromatic rings. The Morgan fingerprint density at radius 1 is 0.917 bits per heavy atom. The molecule has 0 rings (SSSR count). The maximum absolute atomic E-state index is 10.1. The lowest BCUT2D eigenvalue weighted by Gasteiger charge is -1.49. The molecule has 0 heterocycles. The molecule has 0 aliphatic rings. The van der Waals surface area contributed by atoms with Gasteiger partial charge in [0.25, 0.3) is 0 Å². The number of hydrogen-bond donors (Lipinski definition) is 4. The highest BCUT2D eigenvalue weighted by Crippen LogP contribution is 1.47. The lowest BCUT2D eigenvalue weighted by molar-refractivity contribution is 0.388. The Labute approximate surface area is 71.7 Å². The average molecular weight is 222 g/mol. The normalized spacial score (nSPS) is 5.17. The van der Waals surface area contributed by atoms with Gasteiger partial charge >= 0.3 is 18.5 Å². The molecule has 0 unspecified atom stereocenters. The zero-order valence-corrected chi connectivity index (χ0v) is 8.62. The van der Waals surface area contributed by atoms with Gasteiger partial charge in [0.05, 0.1) is 0 Å². The van der Waals surface area contributed by atoms with E-state index in [0.717, 1.165) is 0 Å². The predicted octanol–water partition coefficient (Wildman–Crippen LogP) is -2.12. The van der Waals surface area contributed by atoms with Gasteiger partial charge in [-0.15, -0.1) is 0 Å². The summed E-state index contributed by atoms with van der Waals surface area (Å²) < 4.78 is 37.2. The number of rotatable bonds is 0. The molecule has 0 saturated carbocycles. The molecule has 6 N–H and O–H groups in total.